The average molecular weight is 464 g/mol. The largest absolute Gasteiger partial charge is 0.496 e. The van der Waals surface area contributed by atoms with Crippen molar-refractivity contribution in [3.63, 3.8) is 0 Å². The van der Waals surface area contributed by atoms with E-state index >= 15 is 0 Å². The van der Waals surface area contributed by atoms with E-state index in [4.69, 9.17) is 17.0 Å². The van der Waals surface area contributed by atoms with Gasteiger partial charge < -0.3 is 9.84 Å². The second-order valence-electron chi connectivity index (χ2n) is 5.60. The number of rotatable bonds is 5. The van der Waals surface area contributed by atoms with Gasteiger partial charge in [-0.1, -0.05) is 60.4 Å². The van der Waals surface area contributed by atoms with Gasteiger partial charge in [-0.05, 0) is 45.3 Å². The predicted octanol–water partition coefficient (Wildman–Crippen LogP) is 4.48. The molecule has 8 heteroatoms. The van der Waals surface area contributed by atoms with Crippen LogP contribution in [-0.2, 0) is 9.59 Å². The van der Waals surface area contributed by atoms with Gasteiger partial charge in [0, 0.05) is 0 Å². The zero-order valence-corrected chi connectivity index (χ0v) is 17.3. The van der Waals surface area contributed by atoms with Gasteiger partial charge in [-0.15, -0.1) is 0 Å². The second-order valence-corrected chi connectivity index (χ2v) is 8.13. The molecule has 27 heavy (non-hydrogen) atoms. The predicted molar refractivity (Wildman–Crippen MR) is 113 cm³/mol. The molecule has 1 N–H and O–H groups in total. The van der Waals surface area contributed by atoms with Crippen molar-refractivity contribution in [1.29, 1.82) is 0 Å². The maximum absolute atomic E-state index is 12.9. The molecule has 1 atom stereocenters. The molecule has 138 valence electrons. The number of benzene rings is 2. The van der Waals surface area contributed by atoms with Gasteiger partial charge in [0.15, 0.2) is 6.04 Å². The minimum Gasteiger partial charge on any atom is -0.496 e. The Kier molecular flexibility index (Phi) is 5.98. The summed E-state index contributed by atoms with van der Waals surface area (Å²) in [7, 11) is 1.57. The molecule has 1 aliphatic heterocycles. The zero-order chi connectivity index (χ0) is 19.6. The van der Waals surface area contributed by atoms with E-state index in [2.05, 4.69) is 15.9 Å². The highest BCUT2D eigenvalue weighted by molar-refractivity contribution is 9.10. The smallest absolute Gasteiger partial charge is 0.331 e. The van der Waals surface area contributed by atoms with Gasteiger partial charge in [0.1, 0.15) is 10.1 Å². The summed E-state index contributed by atoms with van der Waals surface area (Å²) >= 11 is 9.81. The maximum Gasteiger partial charge on any atom is 0.331 e. The first kappa shape index (κ1) is 19.6. The first-order chi connectivity index (χ1) is 12.9. The molecule has 0 aromatic heterocycles. The number of halogens is 1. The van der Waals surface area contributed by atoms with Crippen LogP contribution in [0, 0.1) is 0 Å². The minimum atomic E-state index is -1.16. The molecule has 1 unspecified atom stereocenters. The topological polar surface area (TPSA) is 66.8 Å². The Balaban J connectivity index is 1.94. The second kappa shape index (κ2) is 8.24. The first-order valence-electron chi connectivity index (χ1n) is 7.80. The highest BCUT2D eigenvalue weighted by Crippen LogP contribution is 2.39. The monoisotopic (exact) mass is 463 g/mol. The van der Waals surface area contributed by atoms with Crippen molar-refractivity contribution in [3.05, 3.63) is 69.0 Å². The third kappa shape index (κ3) is 4.07. The Labute approximate surface area is 174 Å². The molecular weight excluding hydrogens is 450 g/mol. The van der Waals surface area contributed by atoms with Crippen molar-refractivity contribution < 1.29 is 19.4 Å². The number of amides is 1. The molecule has 1 heterocycles. The molecule has 1 aliphatic rings. The Hall–Kier alpha value is -2.16. The maximum atomic E-state index is 12.9. The van der Waals surface area contributed by atoms with Crippen molar-refractivity contribution >= 4 is 62.2 Å². The van der Waals surface area contributed by atoms with Gasteiger partial charge in [-0.25, -0.2) is 4.79 Å². The molecule has 1 fully saturated rings. The summed E-state index contributed by atoms with van der Waals surface area (Å²) < 4.78 is 6.17. The van der Waals surface area contributed by atoms with Gasteiger partial charge >= 0.3 is 5.97 Å². The number of hydrogen-bond acceptors (Lipinski definition) is 5. The number of aliphatic carboxylic acids is 1. The normalized spacial score (nSPS) is 16.7. The van der Waals surface area contributed by atoms with Crippen molar-refractivity contribution in [2.45, 2.75) is 6.04 Å². The van der Waals surface area contributed by atoms with Crippen LogP contribution >= 0.6 is 39.9 Å². The number of thioether (sulfide) groups is 1. The highest BCUT2D eigenvalue weighted by Gasteiger charge is 2.41. The highest BCUT2D eigenvalue weighted by atomic mass is 79.9. The first-order valence-corrected chi connectivity index (χ1v) is 9.82. The molecule has 0 aliphatic carbocycles. The molecule has 2 aromatic carbocycles. The van der Waals surface area contributed by atoms with E-state index in [1.807, 2.05) is 12.1 Å². The number of carbonyl (C=O) groups is 2. The van der Waals surface area contributed by atoms with E-state index in [-0.39, 0.29) is 4.32 Å². The van der Waals surface area contributed by atoms with Crippen LogP contribution in [0.25, 0.3) is 6.08 Å². The van der Waals surface area contributed by atoms with Crippen LogP contribution in [0.15, 0.2) is 57.9 Å². The molecule has 0 radical (unpaired) electrons. The minimum absolute atomic E-state index is 0.218. The van der Waals surface area contributed by atoms with Crippen molar-refractivity contribution in [2.24, 2.45) is 0 Å². The van der Waals surface area contributed by atoms with Gasteiger partial charge in [-0.3, -0.25) is 9.69 Å². The summed E-state index contributed by atoms with van der Waals surface area (Å²) in [6, 6.07) is 12.8. The molecule has 0 saturated carbocycles. The number of carboxylic acid groups (broad SMARTS) is 1. The van der Waals surface area contributed by atoms with Crippen LogP contribution < -0.4 is 4.74 Å². The van der Waals surface area contributed by atoms with Gasteiger partial charge in [-0.2, -0.15) is 0 Å². The van der Waals surface area contributed by atoms with Gasteiger partial charge in [0.2, 0.25) is 0 Å². The van der Waals surface area contributed by atoms with Gasteiger partial charge in [0.25, 0.3) is 5.91 Å². The van der Waals surface area contributed by atoms with Crippen molar-refractivity contribution in [3.8, 4) is 5.75 Å². The number of methoxy groups -OCH3 is 1. The van der Waals surface area contributed by atoms with Gasteiger partial charge in [0.05, 0.1) is 16.5 Å². The van der Waals surface area contributed by atoms with E-state index in [0.29, 0.717) is 16.2 Å². The fraction of sp³-hybridized carbons (Fsp3) is 0.105. The molecule has 1 amide bonds. The summed E-state index contributed by atoms with van der Waals surface area (Å²) in [5, 5.41) is 9.69. The Morgan fingerprint density at radius 2 is 2.00 bits per heavy atom. The fourth-order valence-electron chi connectivity index (χ4n) is 2.66. The number of hydrogen-bond donors (Lipinski definition) is 1. The lowest BCUT2D eigenvalue weighted by Gasteiger charge is -2.23. The van der Waals surface area contributed by atoms with Crippen molar-refractivity contribution in [2.75, 3.05) is 7.11 Å². The lowest BCUT2D eigenvalue weighted by Crippen LogP contribution is -2.37. The molecule has 0 spiro atoms. The zero-order valence-electron chi connectivity index (χ0n) is 14.1. The molecule has 0 bridgehead atoms. The van der Waals surface area contributed by atoms with E-state index in [0.717, 1.165) is 26.7 Å². The van der Waals surface area contributed by atoms with Crippen LogP contribution in [-0.4, -0.2) is 33.3 Å². The van der Waals surface area contributed by atoms with E-state index in [1.54, 1.807) is 49.6 Å². The molecule has 2 aromatic rings. The third-order valence-electron chi connectivity index (χ3n) is 3.90. The summed E-state index contributed by atoms with van der Waals surface area (Å²) in [5.41, 5.74) is 1.27. The fourth-order valence-corrected chi connectivity index (χ4v) is 4.54. The van der Waals surface area contributed by atoms with E-state index in [9.17, 15) is 14.7 Å². The molecule has 1 saturated heterocycles. The Morgan fingerprint density at radius 1 is 1.30 bits per heavy atom. The Bertz CT molecular complexity index is 946. The SMILES string of the molecule is COc1ccc(/C=C2/SC(=S)N(C(C(=O)O)c3ccccc3)C2=O)cc1Br. The lowest BCUT2D eigenvalue weighted by molar-refractivity contribution is -0.145. The average Bonchev–Trinajstić information content (AvgIpc) is 2.90. The van der Waals surface area contributed by atoms with Crippen LogP contribution in [0.5, 0.6) is 5.75 Å². The standard InChI is InChI=1S/C19H14BrNO4S2/c1-25-14-8-7-11(9-13(14)20)10-15-17(22)21(19(26)27-15)16(18(23)24)12-5-3-2-4-6-12/h2-10,16H,1H3,(H,23,24)/b15-10+. The number of thiocarbonyl (C=S) groups is 1. The van der Waals surface area contributed by atoms with Crippen LogP contribution in [0.2, 0.25) is 0 Å². The van der Waals surface area contributed by atoms with Crippen molar-refractivity contribution in [1.82, 2.24) is 4.90 Å². The molecular formula is C19H14BrNO4S2. The molecule has 3 rings (SSSR count). The lowest BCUT2D eigenvalue weighted by atomic mass is 10.1. The summed E-state index contributed by atoms with van der Waals surface area (Å²) in [5.74, 6) is -0.881. The van der Waals surface area contributed by atoms with E-state index < -0.39 is 17.9 Å². The number of ether oxygens (including phenoxy) is 1. The molecule has 5 nitrogen and oxygen atoms in total. The number of carbonyl (C=O) groups excluding carboxylic acids is 1. The Morgan fingerprint density at radius 3 is 2.59 bits per heavy atom. The number of nitrogens with zero attached hydrogens (tertiary/aromatic N) is 1. The quantitative estimate of drug-likeness (QED) is 0.520. The van der Waals surface area contributed by atoms with Crippen LogP contribution in [0.1, 0.15) is 17.2 Å². The summed E-state index contributed by atoms with van der Waals surface area (Å²) in [4.78, 5) is 26.3. The third-order valence-corrected chi connectivity index (χ3v) is 5.85. The number of carboxylic acids is 1. The summed E-state index contributed by atoms with van der Waals surface area (Å²) in [6.45, 7) is 0. The summed E-state index contributed by atoms with van der Waals surface area (Å²) in [6.07, 6.45) is 1.69. The van der Waals surface area contributed by atoms with Crippen LogP contribution in [0.3, 0.4) is 0 Å². The van der Waals surface area contributed by atoms with E-state index in [1.165, 1.54) is 0 Å². The van der Waals surface area contributed by atoms with Crippen LogP contribution in [0.4, 0.5) is 0 Å².